The molecule has 2 heterocycles. The second-order valence-corrected chi connectivity index (χ2v) is 4.62. The summed E-state index contributed by atoms with van der Waals surface area (Å²) in [6, 6.07) is 3.73. The Morgan fingerprint density at radius 3 is 2.57 bits per heavy atom. The first kappa shape index (κ1) is 13.3. The van der Waals surface area contributed by atoms with E-state index < -0.39 is 0 Å². The van der Waals surface area contributed by atoms with E-state index in [0.29, 0.717) is 24.0 Å². The molecule has 0 aliphatic rings. The fraction of sp³-hybridized carbons (Fsp3) is 0.286. The lowest BCUT2D eigenvalue weighted by Crippen LogP contribution is -2.08. The summed E-state index contributed by atoms with van der Waals surface area (Å²) < 4.78 is 14.6. The number of nitrogens with two attached hydrogens (primary N) is 1. The highest BCUT2D eigenvalue weighted by molar-refractivity contribution is 5.82. The third-order valence-corrected chi connectivity index (χ3v) is 3.42. The van der Waals surface area contributed by atoms with Crippen LogP contribution in [0.2, 0.25) is 0 Å². The van der Waals surface area contributed by atoms with E-state index in [1.807, 2.05) is 27.5 Å². The molecule has 0 aliphatic carbocycles. The van der Waals surface area contributed by atoms with Crippen LogP contribution in [0.5, 0.6) is 11.5 Å². The molecule has 0 saturated heterocycles. The van der Waals surface area contributed by atoms with Gasteiger partial charge in [-0.15, -0.1) is 0 Å². The van der Waals surface area contributed by atoms with Crippen molar-refractivity contribution in [3.63, 3.8) is 0 Å². The number of rotatable bonds is 5. The highest BCUT2D eigenvalue weighted by Crippen LogP contribution is 2.32. The van der Waals surface area contributed by atoms with Gasteiger partial charge in [-0.05, 0) is 0 Å². The van der Waals surface area contributed by atoms with Crippen molar-refractivity contribution < 1.29 is 9.47 Å². The number of imidazole rings is 2. The fourth-order valence-corrected chi connectivity index (χ4v) is 2.34. The van der Waals surface area contributed by atoms with Crippen LogP contribution < -0.4 is 15.2 Å². The molecule has 2 N–H and O–H groups in total. The first-order valence-electron chi connectivity index (χ1n) is 6.56. The molecule has 3 aromatic rings. The number of hydrogen-bond acceptors (Lipinski definition) is 5. The minimum atomic E-state index is 0.473. The second-order valence-electron chi connectivity index (χ2n) is 4.62. The molecule has 0 radical (unpaired) electrons. The van der Waals surface area contributed by atoms with Crippen molar-refractivity contribution in [2.45, 2.75) is 13.1 Å². The number of methoxy groups -OCH3 is 2. The highest BCUT2D eigenvalue weighted by atomic mass is 16.5. The maximum Gasteiger partial charge on any atom is 0.201 e. The zero-order chi connectivity index (χ0) is 14.8. The largest absolute Gasteiger partial charge is 0.493 e. The predicted octanol–water partition coefficient (Wildman–Crippen LogP) is 1.53. The van der Waals surface area contributed by atoms with Crippen molar-refractivity contribution in [2.24, 2.45) is 0 Å². The lowest BCUT2D eigenvalue weighted by atomic mass is 10.2. The van der Waals surface area contributed by atoms with E-state index in [1.165, 1.54) is 0 Å². The molecular formula is C14H17N5O2. The van der Waals surface area contributed by atoms with E-state index in [0.717, 1.165) is 17.6 Å². The number of anilines is 1. The van der Waals surface area contributed by atoms with Crippen molar-refractivity contribution in [1.82, 2.24) is 19.1 Å². The molecule has 0 saturated carbocycles. The van der Waals surface area contributed by atoms with Gasteiger partial charge in [-0.3, -0.25) is 0 Å². The SMILES string of the molecule is COc1cc2nc(N)n(CCn3ccnc3)c2cc1OC. The Hall–Kier alpha value is -2.70. The topological polar surface area (TPSA) is 80.1 Å². The maximum atomic E-state index is 6.02. The van der Waals surface area contributed by atoms with Gasteiger partial charge in [-0.25, -0.2) is 9.97 Å². The molecule has 0 amide bonds. The standard InChI is InChI=1S/C14H17N5O2/c1-20-12-7-10-11(8-13(12)21-2)19(14(15)17-10)6-5-18-4-3-16-9-18/h3-4,7-9H,5-6H2,1-2H3,(H2,15,17). The third-order valence-electron chi connectivity index (χ3n) is 3.42. The van der Waals surface area contributed by atoms with Gasteiger partial charge in [0.25, 0.3) is 0 Å². The molecule has 0 bridgehead atoms. The number of ether oxygens (including phenoxy) is 2. The van der Waals surface area contributed by atoms with Crippen LogP contribution in [0.1, 0.15) is 0 Å². The zero-order valence-corrected chi connectivity index (χ0v) is 12.0. The molecule has 7 heteroatoms. The first-order valence-corrected chi connectivity index (χ1v) is 6.56. The lowest BCUT2D eigenvalue weighted by molar-refractivity contribution is 0.355. The van der Waals surface area contributed by atoms with Gasteiger partial charge >= 0.3 is 0 Å². The molecule has 1 aromatic carbocycles. The van der Waals surface area contributed by atoms with Gasteiger partial charge in [-0.1, -0.05) is 0 Å². The Kier molecular flexibility index (Phi) is 3.39. The highest BCUT2D eigenvalue weighted by Gasteiger charge is 2.13. The van der Waals surface area contributed by atoms with Gasteiger partial charge in [0.15, 0.2) is 11.5 Å². The Balaban J connectivity index is 1.99. The molecule has 7 nitrogen and oxygen atoms in total. The molecule has 0 fully saturated rings. The number of aromatic nitrogens is 4. The summed E-state index contributed by atoms with van der Waals surface area (Å²) in [7, 11) is 3.21. The van der Waals surface area contributed by atoms with Crippen molar-refractivity contribution in [3.05, 3.63) is 30.9 Å². The summed E-state index contributed by atoms with van der Waals surface area (Å²) >= 11 is 0. The van der Waals surface area contributed by atoms with Gasteiger partial charge in [-0.2, -0.15) is 0 Å². The van der Waals surface area contributed by atoms with Crippen LogP contribution in [0.3, 0.4) is 0 Å². The average molecular weight is 287 g/mol. The molecule has 0 atom stereocenters. The van der Waals surface area contributed by atoms with Crippen molar-refractivity contribution in [2.75, 3.05) is 20.0 Å². The first-order chi connectivity index (χ1) is 10.2. The van der Waals surface area contributed by atoms with Crippen LogP contribution in [-0.4, -0.2) is 33.3 Å². The van der Waals surface area contributed by atoms with E-state index in [1.54, 1.807) is 26.7 Å². The fourth-order valence-electron chi connectivity index (χ4n) is 2.34. The van der Waals surface area contributed by atoms with Crippen LogP contribution in [0, 0.1) is 0 Å². The summed E-state index contributed by atoms with van der Waals surface area (Å²) in [5, 5.41) is 0. The Morgan fingerprint density at radius 1 is 1.14 bits per heavy atom. The van der Waals surface area contributed by atoms with E-state index in [9.17, 15) is 0 Å². The summed E-state index contributed by atoms with van der Waals surface area (Å²) in [6.07, 6.45) is 5.45. The Bertz CT molecular complexity index is 748. The number of benzene rings is 1. The Labute approximate surface area is 121 Å². The van der Waals surface area contributed by atoms with Crippen LogP contribution >= 0.6 is 0 Å². The maximum absolute atomic E-state index is 6.02. The molecule has 21 heavy (non-hydrogen) atoms. The van der Waals surface area contributed by atoms with Gasteiger partial charge < -0.3 is 24.3 Å². The van der Waals surface area contributed by atoms with E-state index >= 15 is 0 Å². The minimum absolute atomic E-state index is 0.473. The molecule has 3 rings (SSSR count). The van der Waals surface area contributed by atoms with Crippen LogP contribution in [0.15, 0.2) is 30.9 Å². The summed E-state index contributed by atoms with van der Waals surface area (Å²) in [6.45, 7) is 1.47. The zero-order valence-electron chi connectivity index (χ0n) is 12.0. The lowest BCUT2D eigenvalue weighted by Gasteiger charge is -2.10. The monoisotopic (exact) mass is 287 g/mol. The van der Waals surface area contributed by atoms with Gasteiger partial charge in [0.2, 0.25) is 5.95 Å². The van der Waals surface area contributed by atoms with Crippen LogP contribution in [-0.2, 0) is 13.1 Å². The summed E-state index contributed by atoms with van der Waals surface area (Å²) in [5.74, 6) is 1.78. The number of fused-ring (bicyclic) bond motifs is 1. The average Bonchev–Trinajstić information content (AvgIpc) is 3.10. The Morgan fingerprint density at radius 2 is 1.90 bits per heavy atom. The second kappa shape index (κ2) is 5.35. The molecule has 110 valence electrons. The predicted molar refractivity (Wildman–Crippen MR) is 79.5 cm³/mol. The van der Waals surface area contributed by atoms with E-state index in [4.69, 9.17) is 15.2 Å². The summed E-state index contributed by atoms with van der Waals surface area (Å²) in [4.78, 5) is 8.40. The van der Waals surface area contributed by atoms with Gasteiger partial charge in [0.05, 0.1) is 31.6 Å². The van der Waals surface area contributed by atoms with E-state index in [2.05, 4.69) is 9.97 Å². The molecule has 2 aromatic heterocycles. The van der Waals surface area contributed by atoms with Crippen molar-refractivity contribution in [3.8, 4) is 11.5 Å². The smallest absolute Gasteiger partial charge is 0.201 e. The van der Waals surface area contributed by atoms with Crippen LogP contribution in [0.4, 0.5) is 5.95 Å². The van der Waals surface area contributed by atoms with Crippen molar-refractivity contribution >= 4 is 17.0 Å². The van der Waals surface area contributed by atoms with E-state index in [-0.39, 0.29) is 0 Å². The van der Waals surface area contributed by atoms with Gasteiger partial charge in [0, 0.05) is 37.6 Å². The number of hydrogen-bond donors (Lipinski definition) is 1. The molecular weight excluding hydrogens is 270 g/mol. The third kappa shape index (κ3) is 2.37. The molecule has 0 unspecified atom stereocenters. The number of aryl methyl sites for hydroxylation is 2. The number of nitrogens with zero attached hydrogens (tertiary/aromatic N) is 4. The molecule has 0 spiro atoms. The minimum Gasteiger partial charge on any atom is -0.493 e. The quantitative estimate of drug-likeness (QED) is 0.769. The van der Waals surface area contributed by atoms with Gasteiger partial charge in [0.1, 0.15) is 0 Å². The van der Waals surface area contributed by atoms with Crippen molar-refractivity contribution in [1.29, 1.82) is 0 Å². The van der Waals surface area contributed by atoms with Crippen LogP contribution in [0.25, 0.3) is 11.0 Å². The summed E-state index contributed by atoms with van der Waals surface area (Å²) in [5.41, 5.74) is 7.73. The number of nitrogen functional groups attached to an aromatic ring is 1. The normalized spacial score (nSPS) is 11.0. The molecule has 0 aliphatic heterocycles.